The second-order valence-electron chi connectivity index (χ2n) is 3.13. The number of amides is 1. The highest BCUT2D eigenvalue weighted by Gasteiger charge is 2.21. The van der Waals surface area contributed by atoms with Gasteiger partial charge < -0.3 is 21.3 Å². The van der Waals surface area contributed by atoms with Gasteiger partial charge in [0, 0.05) is 0 Å². The third kappa shape index (κ3) is 2.96. The van der Waals surface area contributed by atoms with Gasteiger partial charge in [0.15, 0.2) is 6.04 Å². The summed E-state index contributed by atoms with van der Waals surface area (Å²) in [7, 11) is 0. The number of nitrogens with one attached hydrogen (secondary N) is 1. The minimum absolute atomic E-state index is 0.0260. The Kier molecular flexibility index (Phi) is 3.84. The van der Waals surface area contributed by atoms with E-state index in [1.54, 1.807) is 0 Å². The molecule has 0 aliphatic heterocycles. The maximum absolute atomic E-state index is 11.0. The van der Waals surface area contributed by atoms with Gasteiger partial charge in [0.25, 0.3) is 0 Å². The van der Waals surface area contributed by atoms with E-state index in [1.165, 1.54) is 24.3 Å². The predicted octanol–water partition coefficient (Wildman–Crippen LogP) is -0.407. The molecule has 1 rings (SSSR count). The lowest BCUT2D eigenvalue weighted by molar-refractivity contribution is -0.141. The molecule has 0 spiro atoms. The normalized spacial score (nSPS) is 11.8. The number of phenols is 1. The molecule has 1 aromatic carbocycles. The molecule has 1 aromatic rings. The van der Waals surface area contributed by atoms with E-state index in [2.05, 4.69) is 5.32 Å². The van der Waals surface area contributed by atoms with Crippen LogP contribution in [0.4, 0.5) is 0 Å². The quantitative estimate of drug-likeness (QED) is 0.555. The average Bonchev–Trinajstić information content (AvgIpc) is 2.26. The standard InChI is InChI=1S/C10H12N2O4/c11-5-8(14)12-9(10(15)16)6-1-3-7(13)4-2-6/h1-4,9,13H,5,11H2,(H,12,14)(H,15,16)/t9-/m1/s1. The SMILES string of the molecule is NCC(=O)N[C@@H](C(=O)O)c1ccc(O)cc1. The summed E-state index contributed by atoms with van der Waals surface area (Å²) in [6.07, 6.45) is 0. The van der Waals surface area contributed by atoms with Gasteiger partial charge >= 0.3 is 5.97 Å². The summed E-state index contributed by atoms with van der Waals surface area (Å²) >= 11 is 0. The summed E-state index contributed by atoms with van der Waals surface area (Å²) in [5.74, 6) is -1.72. The zero-order valence-electron chi connectivity index (χ0n) is 8.38. The lowest BCUT2D eigenvalue weighted by Crippen LogP contribution is -2.37. The van der Waals surface area contributed by atoms with Crippen molar-refractivity contribution >= 4 is 11.9 Å². The summed E-state index contributed by atoms with van der Waals surface area (Å²) in [4.78, 5) is 21.9. The van der Waals surface area contributed by atoms with Crippen LogP contribution in [0.15, 0.2) is 24.3 Å². The minimum atomic E-state index is -1.19. The molecule has 6 nitrogen and oxygen atoms in total. The van der Waals surface area contributed by atoms with Crippen molar-refractivity contribution in [2.24, 2.45) is 5.73 Å². The van der Waals surface area contributed by atoms with Crippen LogP contribution in [-0.2, 0) is 9.59 Å². The number of carboxylic acid groups (broad SMARTS) is 1. The van der Waals surface area contributed by atoms with E-state index >= 15 is 0 Å². The second kappa shape index (κ2) is 5.13. The Morgan fingerprint density at radius 1 is 1.31 bits per heavy atom. The van der Waals surface area contributed by atoms with Crippen molar-refractivity contribution in [3.8, 4) is 5.75 Å². The fraction of sp³-hybridized carbons (Fsp3) is 0.200. The van der Waals surface area contributed by atoms with E-state index in [4.69, 9.17) is 15.9 Å². The second-order valence-corrected chi connectivity index (χ2v) is 3.13. The molecule has 86 valence electrons. The first kappa shape index (κ1) is 12.0. The Morgan fingerprint density at radius 3 is 2.31 bits per heavy atom. The van der Waals surface area contributed by atoms with E-state index in [9.17, 15) is 9.59 Å². The lowest BCUT2D eigenvalue weighted by Gasteiger charge is -2.14. The Balaban J connectivity index is 2.89. The van der Waals surface area contributed by atoms with Crippen LogP contribution in [0.25, 0.3) is 0 Å². The maximum atomic E-state index is 11.0. The number of benzene rings is 1. The molecule has 6 heteroatoms. The predicted molar refractivity (Wildman–Crippen MR) is 55.7 cm³/mol. The molecule has 0 radical (unpaired) electrons. The van der Waals surface area contributed by atoms with Crippen LogP contribution < -0.4 is 11.1 Å². The summed E-state index contributed by atoms with van der Waals surface area (Å²) in [6.45, 7) is -0.276. The summed E-state index contributed by atoms with van der Waals surface area (Å²) in [6, 6.07) is 4.38. The first-order valence-electron chi connectivity index (χ1n) is 4.55. The molecular formula is C10H12N2O4. The molecule has 1 atom stereocenters. The van der Waals surface area contributed by atoms with Crippen molar-refractivity contribution in [1.29, 1.82) is 0 Å². The first-order chi connectivity index (χ1) is 7.54. The van der Waals surface area contributed by atoms with E-state index < -0.39 is 17.9 Å². The monoisotopic (exact) mass is 224 g/mol. The van der Waals surface area contributed by atoms with Crippen molar-refractivity contribution in [2.75, 3.05) is 6.54 Å². The molecule has 5 N–H and O–H groups in total. The van der Waals surface area contributed by atoms with Crippen LogP contribution in [0, 0.1) is 0 Å². The molecule has 16 heavy (non-hydrogen) atoms. The molecular weight excluding hydrogens is 212 g/mol. The van der Waals surface area contributed by atoms with E-state index in [0.29, 0.717) is 5.56 Å². The van der Waals surface area contributed by atoms with Gasteiger partial charge in [0.2, 0.25) is 5.91 Å². The molecule has 0 aliphatic rings. The van der Waals surface area contributed by atoms with Gasteiger partial charge in [-0.1, -0.05) is 12.1 Å². The van der Waals surface area contributed by atoms with Crippen LogP contribution in [-0.4, -0.2) is 28.6 Å². The Labute approximate surface area is 91.7 Å². The number of aromatic hydroxyl groups is 1. The molecule has 0 heterocycles. The Morgan fingerprint density at radius 2 is 1.88 bits per heavy atom. The summed E-state index contributed by atoms with van der Waals surface area (Å²) in [5, 5.41) is 20.2. The molecule has 0 saturated carbocycles. The molecule has 0 bridgehead atoms. The minimum Gasteiger partial charge on any atom is -0.508 e. The highest BCUT2D eigenvalue weighted by molar-refractivity contribution is 5.85. The number of nitrogens with two attached hydrogens (primary N) is 1. The first-order valence-corrected chi connectivity index (χ1v) is 4.55. The Bertz CT molecular complexity index is 388. The molecule has 0 aromatic heterocycles. The number of rotatable bonds is 4. The number of hydrogen-bond donors (Lipinski definition) is 4. The smallest absolute Gasteiger partial charge is 0.330 e. The molecule has 0 saturated heterocycles. The van der Waals surface area contributed by atoms with Crippen LogP contribution in [0.1, 0.15) is 11.6 Å². The van der Waals surface area contributed by atoms with Crippen LogP contribution in [0.2, 0.25) is 0 Å². The third-order valence-corrected chi connectivity index (χ3v) is 1.96. The van der Waals surface area contributed by atoms with Crippen LogP contribution >= 0.6 is 0 Å². The number of aliphatic carboxylic acids is 1. The number of phenolic OH excluding ortho intramolecular Hbond substituents is 1. The van der Waals surface area contributed by atoms with Gasteiger partial charge in [0.1, 0.15) is 5.75 Å². The largest absolute Gasteiger partial charge is 0.508 e. The molecule has 1 amide bonds. The highest BCUT2D eigenvalue weighted by Crippen LogP contribution is 2.16. The van der Waals surface area contributed by atoms with Gasteiger partial charge in [-0.15, -0.1) is 0 Å². The number of hydrogen-bond acceptors (Lipinski definition) is 4. The molecule has 0 fully saturated rings. The molecule has 0 aliphatic carbocycles. The van der Waals surface area contributed by atoms with Crippen molar-refractivity contribution in [1.82, 2.24) is 5.32 Å². The topological polar surface area (TPSA) is 113 Å². The third-order valence-electron chi connectivity index (χ3n) is 1.96. The van der Waals surface area contributed by atoms with Crippen molar-refractivity contribution in [3.05, 3.63) is 29.8 Å². The van der Waals surface area contributed by atoms with Gasteiger partial charge in [-0.2, -0.15) is 0 Å². The van der Waals surface area contributed by atoms with Crippen molar-refractivity contribution in [3.63, 3.8) is 0 Å². The van der Waals surface area contributed by atoms with Gasteiger partial charge in [-0.05, 0) is 17.7 Å². The van der Waals surface area contributed by atoms with Gasteiger partial charge in [-0.3, -0.25) is 4.79 Å². The van der Waals surface area contributed by atoms with E-state index in [0.717, 1.165) is 0 Å². The number of carboxylic acids is 1. The highest BCUT2D eigenvalue weighted by atomic mass is 16.4. The zero-order valence-corrected chi connectivity index (χ0v) is 8.38. The number of carbonyl (C=O) groups excluding carboxylic acids is 1. The molecule has 0 unspecified atom stereocenters. The lowest BCUT2D eigenvalue weighted by atomic mass is 10.1. The summed E-state index contributed by atoms with van der Waals surface area (Å²) in [5.41, 5.74) is 5.45. The van der Waals surface area contributed by atoms with Crippen LogP contribution in [0.3, 0.4) is 0 Å². The van der Waals surface area contributed by atoms with Crippen molar-refractivity contribution in [2.45, 2.75) is 6.04 Å². The van der Waals surface area contributed by atoms with Gasteiger partial charge in [0.05, 0.1) is 6.54 Å². The maximum Gasteiger partial charge on any atom is 0.330 e. The van der Waals surface area contributed by atoms with E-state index in [-0.39, 0.29) is 12.3 Å². The average molecular weight is 224 g/mol. The Hall–Kier alpha value is -2.08. The number of carbonyl (C=O) groups is 2. The fourth-order valence-corrected chi connectivity index (χ4v) is 1.17. The fourth-order valence-electron chi connectivity index (χ4n) is 1.17. The summed E-state index contributed by atoms with van der Waals surface area (Å²) < 4.78 is 0. The van der Waals surface area contributed by atoms with Crippen LogP contribution in [0.5, 0.6) is 5.75 Å². The van der Waals surface area contributed by atoms with Crippen molar-refractivity contribution < 1.29 is 19.8 Å². The van der Waals surface area contributed by atoms with E-state index in [1.807, 2.05) is 0 Å². The zero-order chi connectivity index (χ0) is 12.1. The van der Waals surface area contributed by atoms with Gasteiger partial charge in [-0.25, -0.2) is 4.79 Å².